The van der Waals surface area contributed by atoms with Crippen molar-refractivity contribution in [2.24, 2.45) is 17.1 Å². The molecule has 0 bridgehead atoms. The first-order valence-corrected chi connectivity index (χ1v) is 6.87. The first-order valence-electron chi connectivity index (χ1n) is 6.87. The summed E-state index contributed by atoms with van der Waals surface area (Å²) < 4.78 is 5.69. The molecular formula is C14H28N2O2. The zero-order valence-electron chi connectivity index (χ0n) is 12.6. The highest BCUT2D eigenvalue weighted by Crippen LogP contribution is 2.45. The van der Waals surface area contributed by atoms with Gasteiger partial charge in [-0.1, -0.05) is 27.7 Å². The molecule has 1 saturated carbocycles. The van der Waals surface area contributed by atoms with Gasteiger partial charge in [0.15, 0.2) is 0 Å². The fraction of sp³-hybridized carbons (Fsp3) is 0.929. The van der Waals surface area contributed by atoms with Crippen LogP contribution >= 0.6 is 0 Å². The number of carbonyl (C=O) groups is 1. The van der Waals surface area contributed by atoms with Crippen LogP contribution in [0.25, 0.3) is 0 Å². The molecule has 4 heteroatoms. The third-order valence-corrected chi connectivity index (χ3v) is 4.31. The topological polar surface area (TPSA) is 55.6 Å². The molecule has 1 amide bonds. The van der Waals surface area contributed by atoms with Gasteiger partial charge >= 0.3 is 0 Å². The van der Waals surface area contributed by atoms with E-state index in [0.29, 0.717) is 0 Å². The normalized spacial score (nSPS) is 27.8. The van der Waals surface area contributed by atoms with E-state index in [1.807, 2.05) is 32.7 Å². The molecular weight excluding hydrogens is 228 g/mol. The minimum Gasteiger partial charge on any atom is -0.378 e. The molecule has 0 aromatic rings. The highest BCUT2D eigenvalue weighted by Gasteiger charge is 2.52. The van der Waals surface area contributed by atoms with Gasteiger partial charge in [-0.15, -0.1) is 0 Å². The number of ether oxygens (including phenoxy) is 1. The lowest BCUT2D eigenvalue weighted by atomic mass is 9.63. The molecule has 2 N–H and O–H groups in total. The van der Waals surface area contributed by atoms with Gasteiger partial charge in [0.2, 0.25) is 5.91 Å². The summed E-state index contributed by atoms with van der Waals surface area (Å²) in [5.74, 6) is 0.212. The Labute approximate surface area is 111 Å². The number of amides is 1. The summed E-state index contributed by atoms with van der Waals surface area (Å²) in [6, 6.07) is -0.178. The second-order valence-electron chi connectivity index (χ2n) is 6.24. The minimum atomic E-state index is -0.406. The first kappa shape index (κ1) is 15.4. The predicted octanol–water partition coefficient (Wildman–Crippen LogP) is 1.63. The van der Waals surface area contributed by atoms with E-state index in [9.17, 15) is 4.79 Å². The molecule has 2 unspecified atom stereocenters. The Balaban J connectivity index is 2.65. The number of likely N-dealkylation sites (N-methyl/N-ethyl adjacent to an activating group) is 1. The van der Waals surface area contributed by atoms with Gasteiger partial charge in [-0.25, -0.2) is 0 Å². The summed E-state index contributed by atoms with van der Waals surface area (Å²) >= 11 is 0. The second kappa shape index (κ2) is 5.57. The van der Waals surface area contributed by atoms with Crippen LogP contribution in [0.4, 0.5) is 0 Å². The molecule has 0 radical (unpaired) electrons. The van der Waals surface area contributed by atoms with E-state index in [4.69, 9.17) is 10.5 Å². The first-order chi connectivity index (χ1) is 8.23. The number of nitrogens with two attached hydrogens (primary N) is 1. The lowest BCUT2D eigenvalue weighted by Crippen LogP contribution is -2.64. The maximum Gasteiger partial charge on any atom is 0.239 e. The number of hydrogen-bond acceptors (Lipinski definition) is 3. The average Bonchev–Trinajstić information content (AvgIpc) is 2.31. The molecule has 0 heterocycles. The van der Waals surface area contributed by atoms with Crippen LogP contribution in [-0.2, 0) is 9.53 Å². The zero-order chi connectivity index (χ0) is 14.1. The Bertz CT molecular complexity index is 302. The summed E-state index contributed by atoms with van der Waals surface area (Å²) in [6.45, 7) is 11.0. The van der Waals surface area contributed by atoms with Crippen molar-refractivity contribution in [2.45, 2.75) is 59.2 Å². The highest BCUT2D eigenvalue weighted by molar-refractivity contribution is 5.82. The lowest BCUT2D eigenvalue weighted by Gasteiger charge is -2.55. The standard InChI is InChI=1S/C14H28N2O2/c1-7-18-11-8-10(14(11,4)5)16(6)13(17)12(15)9(2)3/h9-12H,7-8,15H2,1-6H3/t10?,11?,12-/m0/s1. The maximum absolute atomic E-state index is 12.2. The quantitative estimate of drug-likeness (QED) is 0.813. The number of nitrogens with zero attached hydrogens (tertiary/aromatic N) is 1. The fourth-order valence-corrected chi connectivity index (χ4v) is 2.68. The molecule has 0 spiro atoms. The largest absolute Gasteiger partial charge is 0.378 e. The van der Waals surface area contributed by atoms with Gasteiger partial charge in [0.25, 0.3) is 0 Å². The van der Waals surface area contributed by atoms with Gasteiger partial charge in [0.1, 0.15) is 0 Å². The molecule has 1 aliphatic rings. The number of rotatable bonds is 5. The monoisotopic (exact) mass is 256 g/mol. The Morgan fingerprint density at radius 3 is 2.44 bits per heavy atom. The summed E-state index contributed by atoms with van der Waals surface area (Å²) in [5, 5.41) is 0. The van der Waals surface area contributed by atoms with E-state index in [1.54, 1.807) is 0 Å². The number of carbonyl (C=O) groups excluding carboxylic acids is 1. The Kier molecular flexibility index (Phi) is 4.78. The molecule has 1 aliphatic carbocycles. The van der Waals surface area contributed by atoms with Crippen molar-refractivity contribution < 1.29 is 9.53 Å². The third-order valence-electron chi connectivity index (χ3n) is 4.31. The van der Waals surface area contributed by atoms with E-state index in [1.165, 1.54) is 0 Å². The minimum absolute atomic E-state index is 0.0110. The van der Waals surface area contributed by atoms with Gasteiger partial charge in [0, 0.05) is 25.1 Å². The zero-order valence-corrected chi connectivity index (χ0v) is 12.6. The van der Waals surface area contributed by atoms with E-state index >= 15 is 0 Å². The summed E-state index contributed by atoms with van der Waals surface area (Å²) in [6.07, 6.45) is 1.16. The lowest BCUT2D eigenvalue weighted by molar-refractivity contribution is -0.164. The van der Waals surface area contributed by atoms with Crippen LogP contribution in [0, 0.1) is 11.3 Å². The second-order valence-corrected chi connectivity index (χ2v) is 6.24. The molecule has 1 fully saturated rings. The predicted molar refractivity (Wildman–Crippen MR) is 73.2 cm³/mol. The van der Waals surface area contributed by atoms with Crippen LogP contribution in [0.3, 0.4) is 0 Å². The van der Waals surface area contributed by atoms with Gasteiger partial charge in [0.05, 0.1) is 12.1 Å². The van der Waals surface area contributed by atoms with Crippen molar-refractivity contribution in [1.82, 2.24) is 4.90 Å². The smallest absolute Gasteiger partial charge is 0.239 e. The maximum atomic E-state index is 12.2. The van der Waals surface area contributed by atoms with Gasteiger partial charge < -0.3 is 15.4 Å². The van der Waals surface area contributed by atoms with E-state index in [2.05, 4.69) is 13.8 Å². The van der Waals surface area contributed by atoms with Crippen LogP contribution in [0.1, 0.15) is 41.0 Å². The van der Waals surface area contributed by atoms with Crippen LogP contribution < -0.4 is 5.73 Å². The summed E-state index contributed by atoms with van der Waals surface area (Å²) in [5.41, 5.74) is 5.95. The van der Waals surface area contributed by atoms with Crippen molar-refractivity contribution in [2.75, 3.05) is 13.7 Å². The molecule has 18 heavy (non-hydrogen) atoms. The highest BCUT2D eigenvalue weighted by atomic mass is 16.5. The molecule has 0 aliphatic heterocycles. The summed E-state index contributed by atoms with van der Waals surface area (Å²) in [7, 11) is 1.86. The van der Waals surface area contributed by atoms with Crippen molar-refractivity contribution in [3.05, 3.63) is 0 Å². The van der Waals surface area contributed by atoms with Crippen LogP contribution in [0.15, 0.2) is 0 Å². The molecule has 0 aromatic carbocycles. The third kappa shape index (κ3) is 2.69. The molecule has 4 nitrogen and oxygen atoms in total. The molecule has 0 saturated heterocycles. The van der Waals surface area contributed by atoms with Crippen molar-refractivity contribution in [1.29, 1.82) is 0 Å². The molecule has 3 atom stereocenters. The van der Waals surface area contributed by atoms with Crippen molar-refractivity contribution >= 4 is 5.91 Å². The number of hydrogen-bond donors (Lipinski definition) is 1. The van der Waals surface area contributed by atoms with Crippen LogP contribution in [0.2, 0.25) is 0 Å². The van der Waals surface area contributed by atoms with E-state index in [0.717, 1.165) is 13.0 Å². The van der Waals surface area contributed by atoms with Gasteiger partial charge in [-0.05, 0) is 19.3 Å². The fourth-order valence-electron chi connectivity index (χ4n) is 2.68. The molecule has 106 valence electrons. The molecule has 1 rings (SSSR count). The average molecular weight is 256 g/mol. The van der Waals surface area contributed by atoms with E-state index in [-0.39, 0.29) is 29.4 Å². The Hall–Kier alpha value is -0.610. The summed E-state index contributed by atoms with van der Waals surface area (Å²) in [4.78, 5) is 14.1. The van der Waals surface area contributed by atoms with Crippen molar-refractivity contribution in [3.8, 4) is 0 Å². The van der Waals surface area contributed by atoms with Crippen molar-refractivity contribution in [3.63, 3.8) is 0 Å². The van der Waals surface area contributed by atoms with Crippen LogP contribution in [0.5, 0.6) is 0 Å². The van der Waals surface area contributed by atoms with Crippen LogP contribution in [-0.4, -0.2) is 42.6 Å². The van der Waals surface area contributed by atoms with Gasteiger partial charge in [-0.2, -0.15) is 0 Å². The van der Waals surface area contributed by atoms with Gasteiger partial charge in [-0.3, -0.25) is 4.79 Å². The Morgan fingerprint density at radius 2 is 2.06 bits per heavy atom. The molecule has 0 aromatic heterocycles. The SMILES string of the molecule is CCOC1CC(N(C)C(=O)[C@@H](N)C(C)C)C1(C)C. The van der Waals surface area contributed by atoms with E-state index < -0.39 is 6.04 Å². The Morgan fingerprint density at radius 1 is 1.50 bits per heavy atom.